The molecule has 2 aliphatic carbocycles. The van der Waals surface area contributed by atoms with Gasteiger partial charge in [0.05, 0.1) is 21.8 Å². The standard InChI is InChI=1S/C22H24N4O2/c1-26(2)11-9-13-12-24-16-7-6-15(22(28)19(13)16)21-14(8-10-23)20-17(25-21)4-3-5-18(20)27/h3-7,12,24-25H,8-11,23H2,1-2H3. The van der Waals surface area contributed by atoms with Gasteiger partial charge in [-0.15, -0.1) is 0 Å². The molecule has 144 valence electrons. The molecule has 0 aromatic carbocycles. The second-order valence-corrected chi connectivity index (χ2v) is 7.43. The molecule has 0 radical (unpaired) electrons. The normalized spacial score (nSPS) is 17.1. The number of nitrogens with one attached hydrogen (secondary N) is 2. The number of Topliss-reactive ketones (excluding diaryl/α,β-unsaturated/α-hetero) is 1. The number of nitrogens with zero attached hydrogens (tertiary/aromatic N) is 1. The van der Waals surface area contributed by atoms with E-state index in [9.17, 15) is 9.59 Å². The summed E-state index contributed by atoms with van der Waals surface area (Å²) in [6, 6.07) is 0. The van der Waals surface area contributed by atoms with Crippen molar-refractivity contribution in [1.82, 2.24) is 14.9 Å². The quantitative estimate of drug-likeness (QED) is 0.710. The molecule has 2 aromatic rings. The first-order valence-corrected chi connectivity index (χ1v) is 9.47. The van der Waals surface area contributed by atoms with E-state index in [4.69, 9.17) is 5.73 Å². The predicted octanol–water partition coefficient (Wildman–Crippen LogP) is 0.542. The van der Waals surface area contributed by atoms with E-state index < -0.39 is 0 Å². The Bertz CT molecular complexity index is 1140. The van der Waals surface area contributed by atoms with Crippen molar-refractivity contribution in [1.29, 1.82) is 0 Å². The number of fused-ring (bicyclic) bond motifs is 2. The van der Waals surface area contributed by atoms with Crippen LogP contribution in [0.15, 0.2) is 24.4 Å². The smallest absolute Gasteiger partial charge is 0.197 e. The van der Waals surface area contributed by atoms with E-state index >= 15 is 0 Å². The molecule has 0 spiro atoms. The molecule has 0 unspecified atom stereocenters. The Morgan fingerprint density at radius 1 is 1.07 bits per heavy atom. The summed E-state index contributed by atoms with van der Waals surface area (Å²) in [6.07, 6.45) is 12.1. The lowest BCUT2D eigenvalue weighted by Gasteiger charge is -2.13. The van der Waals surface area contributed by atoms with Crippen LogP contribution in [0.4, 0.5) is 0 Å². The Kier molecular flexibility index (Phi) is 4.75. The van der Waals surface area contributed by atoms with E-state index in [2.05, 4.69) is 14.9 Å². The average Bonchev–Trinajstić information content (AvgIpc) is 3.24. The minimum absolute atomic E-state index is 0.0233. The molecule has 28 heavy (non-hydrogen) atoms. The van der Waals surface area contributed by atoms with E-state index in [1.54, 1.807) is 12.2 Å². The number of aromatic amines is 2. The van der Waals surface area contributed by atoms with Gasteiger partial charge in [-0.3, -0.25) is 9.59 Å². The van der Waals surface area contributed by atoms with Gasteiger partial charge >= 0.3 is 0 Å². The van der Waals surface area contributed by atoms with Crippen LogP contribution in [0.25, 0.3) is 17.7 Å². The molecule has 0 bridgehead atoms. The molecule has 2 aliphatic rings. The highest BCUT2D eigenvalue weighted by Gasteiger charge is 2.26. The first-order valence-electron chi connectivity index (χ1n) is 9.47. The molecule has 4 N–H and O–H groups in total. The van der Waals surface area contributed by atoms with Gasteiger partial charge in [-0.2, -0.15) is 0 Å². The van der Waals surface area contributed by atoms with Gasteiger partial charge in [0.25, 0.3) is 0 Å². The number of aromatic nitrogens is 2. The fourth-order valence-electron chi connectivity index (χ4n) is 3.90. The molecule has 0 saturated carbocycles. The Labute approximate surface area is 163 Å². The van der Waals surface area contributed by atoms with Crippen LogP contribution >= 0.6 is 0 Å². The van der Waals surface area contributed by atoms with Crippen molar-refractivity contribution in [2.24, 2.45) is 5.73 Å². The minimum Gasteiger partial charge on any atom is -0.361 e. The minimum atomic E-state index is -0.0507. The number of carbonyl (C=O) groups is 2. The molecular weight excluding hydrogens is 352 g/mol. The lowest BCUT2D eigenvalue weighted by molar-refractivity contribution is 0.103. The molecule has 2 aromatic heterocycles. The molecule has 0 fully saturated rings. The molecule has 6 nitrogen and oxygen atoms in total. The van der Waals surface area contributed by atoms with E-state index in [0.717, 1.165) is 40.7 Å². The monoisotopic (exact) mass is 376 g/mol. The summed E-state index contributed by atoms with van der Waals surface area (Å²) in [6.45, 7) is 1.27. The zero-order valence-corrected chi connectivity index (χ0v) is 16.1. The van der Waals surface area contributed by atoms with Gasteiger partial charge in [0, 0.05) is 24.0 Å². The zero-order valence-electron chi connectivity index (χ0n) is 16.1. The second-order valence-electron chi connectivity index (χ2n) is 7.43. The largest absolute Gasteiger partial charge is 0.361 e. The van der Waals surface area contributed by atoms with Crippen molar-refractivity contribution in [3.8, 4) is 0 Å². The fourth-order valence-corrected chi connectivity index (χ4v) is 3.90. The predicted molar refractivity (Wildman–Crippen MR) is 111 cm³/mol. The van der Waals surface area contributed by atoms with Gasteiger partial charge in [0.15, 0.2) is 11.6 Å². The Balaban J connectivity index is 1.88. The van der Waals surface area contributed by atoms with Crippen LogP contribution in [0.2, 0.25) is 0 Å². The number of ketones is 2. The maximum Gasteiger partial charge on any atom is 0.197 e. The van der Waals surface area contributed by atoms with Crippen LogP contribution < -0.4 is 16.4 Å². The third-order valence-electron chi connectivity index (χ3n) is 5.26. The van der Waals surface area contributed by atoms with E-state index in [-0.39, 0.29) is 11.6 Å². The summed E-state index contributed by atoms with van der Waals surface area (Å²) in [5.41, 5.74) is 10.4. The van der Waals surface area contributed by atoms with Gasteiger partial charge in [0.2, 0.25) is 0 Å². The van der Waals surface area contributed by atoms with Gasteiger partial charge in [0.1, 0.15) is 0 Å². The maximum absolute atomic E-state index is 13.4. The van der Waals surface area contributed by atoms with Crippen molar-refractivity contribution in [3.63, 3.8) is 0 Å². The molecule has 0 amide bonds. The summed E-state index contributed by atoms with van der Waals surface area (Å²) in [7, 11) is 4.03. The highest BCUT2D eigenvalue weighted by atomic mass is 16.1. The van der Waals surface area contributed by atoms with E-state index in [1.807, 2.05) is 38.5 Å². The highest BCUT2D eigenvalue weighted by molar-refractivity contribution is 6.31. The van der Waals surface area contributed by atoms with Crippen LogP contribution in [-0.2, 0) is 12.8 Å². The first kappa shape index (κ1) is 18.4. The van der Waals surface area contributed by atoms with Crippen molar-refractivity contribution in [3.05, 3.63) is 63.1 Å². The number of rotatable bonds is 5. The molecule has 2 heterocycles. The summed E-state index contributed by atoms with van der Waals surface area (Å²) in [5.74, 6) is -0.0740. The van der Waals surface area contributed by atoms with Gasteiger partial charge in [-0.05, 0) is 68.9 Å². The Morgan fingerprint density at radius 3 is 2.64 bits per heavy atom. The van der Waals surface area contributed by atoms with Crippen LogP contribution in [0.3, 0.4) is 0 Å². The number of nitrogens with two attached hydrogens (primary N) is 1. The molecule has 6 heteroatoms. The number of hydrogen-bond donors (Lipinski definition) is 3. The molecule has 0 atom stereocenters. The average molecular weight is 376 g/mol. The summed E-state index contributed by atoms with van der Waals surface area (Å²) < 4.78 is 0. The third kappa shape index (κ3) is 3.00. The molecule has 4 rings (SSSR count). The lowest BCUT2D eigenvalue weighted by atomic mass is 9.91. The lowest BCUT2D eigenvalue weighted by Crippen LogP contribution is -2.23. The van der Waals surface area contributed by atoms with Gasteiger partial charge in [-0.25, -0.2) is 0 Å². The highest BCUT2D eigenvalue weighted by Crippen LogP contribution is 2.26. The fraction of sp³-hybridized carbons (Fsp3) is 0.273. The maximum atomic E-state index is 13.4. The van der Waals surface area contributed by atoms with Crippen molar-refractivity contribution >= 4 is 29.3 Å². The van der Waals surface area contributed by atoms with Gasteiger partial charge in [-0.1, -0.05) is 6.08 Å². The van der Waals surface area contributed by atoms with E-state index in [1.165, 1.54) is 0 Å². The first-order chi connectivity index (χ1) is 13.5. The number of H-pyrrole nitrogens is 2. The van der Waals surface area contributed by atoms with E-state index in [0.29, 0.717) is 29.5 Å². The third-order valence-corrected chi connectivity index (χ3v) is 5.26. The molecule has 0 saturated heterocycles. The summed E-state index contributed by atoms with van der Waals surface area (Å²) >= 11 is 0. The van der Waals surface area contributed by atoms with Crippen LogP contribution in [0, 0.1) is 0 Å². The summed E-state index contributed by atoms with van der Waals surface area (Å²) in [5, 5.41) is 1.45. The van der Waals surface area contributed by atoms with Crippen LogP contribution in [0.1, 0.15) is 37.5 Å². The number of hydrogen-bond acceptors (Lipinski definition) is 4. The number of allylic oxidation sites excluding steroid dienone is 3. The Morgan fingerprint density at radius 2 is 1.89 bits per heavy atom. The van der Waals surface area contributed by atoms with Crippen LogP contribution in [0.5, 0.6) is 0 Å². The van der Waals surface area contributed by atoms with Crippen molar-refractivity contribution in [2.45, 2.75) is 12.8 Å². The van der Waals surface area contributed by atoms with Crippen molar-refractivity contribution in [2.75, 3.05) is 27.2 Å². The number of likely N-dealkylation sites (N-methyl/N-ethyl adjacent to an activating group) is 1. The summed E-state index contributed by atoms with van der Waals surface area (Å²) in [4.78, 5) is 34.4. The van der Waals surface area contributed by atoms with Crippen molar-refractivity contribution < 1.29 is 9.59 Å². The SMILES string of the molecule is CN(C)CCc1c[nH]c2c1C(=O)C(=c1[nH]c3c(c1CCN)C(=O)C=CC=3)C=C2. The molecular formula is C22H24N4O2. The topological polar surface area (TPSA) is 95.0 Å². The van der Waals surface area contributed by atoms with Gasteiger partial charge < -0.3 is 20.6 Å². The zero-order chi connectivity index (χ0) is 19.8. The number of carbonyl (C=O) groups excluding carboxylic acids is 2. The molecule has 0 aliphatic heterocycles. The Hall–Kier alpha value is -2.96. The van der Waals surface area contributed by atoms with Crippen LogP contribution in [-0.4, -0.2) is 53.6 Å². The second kappa shape index (κ2) is 7.22.